The molecule has 0 N–H and O–H groups in total. The Balaban J connectivity index is 3.68. The summed E-state index contributed by atoms with van der Waals surface area (Å²) in [6, 6.07) is 0. The average Bonchev–Trinajstić information content (AvgIpc) is 2.26. The second kappa shape index (κ2) is 5.43. The summed E-state index contributed by atoms with van der Waals surface area (Å²) in [6.07, 6.45) is 0.0475. The van der Waals surface area contributed by atoms with Gasteiger partial charge < -0.3 is 9.47 Å². The SMILES string of the molecule is COC1=C(C)C(OC)C(=S(=O)=O)C=C1S(=O)(=O)Cl. The van der Waals surface area contributed by atoms with Crippen LogP contribution in [0.5, 0.6) is 0 Å². The van der Waals surface area contributed by atoms with Gasteiger partial charge in [0.15, 0.2) is 0 Å². The quantitative estimate of drug-likeness (QED) is 0.555. The van der Waals surface area contributed by atoms with Crippen molar-refractivity contribution < 1.29 is 26.3 Å². The summed E-state index contributed by atoms with van der Waals surface area (Å²) in [5.74, 6) is -0.00829. The molecule has 0 aliphatic heterocycles. The molecule has 0 spiro atoms. The van der Waals surface area contributed by atoms with Gasteiger partial charge >= 0.3 is 0 Å². The van der Waals surface area contributed by atoms with E-state index in [0.29, 0.717) is 5.57 Å². The van der Waals surface area contributed by atoms with Crippen LogP contribution in [-0.2, 0) is 28.8 Å². The fourth-order valence-electron chi connectivity index (χ4n) is 1.67. The van der Waals surface area contributed by atoms with Crippen LogP contribution < -0.4 is 0 Å². The Morgan fingerprint density at radius 1 is 1.33 bits per heavy atom. The standard InChI is InChI=1S/C9H11ClO6S2/c1-5-8(15-2)6(17(11)12)4-7(9(5)16-3)18(10,13)14/h4,8H,1-3H3. The van der Waals surface area contributed by atoms with Crippen molar-refractivity contribution in [3.05, 3.63) is 22.3 Å². The van der Waals surface area contributed by atoms with Gasteiger partial charge in [-0.05, 0) is 13.0 Å². The van der Waals surface area contributed by atoms with E-state index in [9.17, 15) is 16.8 Å². The van der Waals surface area contributed by atoms with Gasteiger partial charge in [-0.1, -0.05) is 0 Å². The molecule has 102 valence electrons. The Morgan fingerprint density at radius 2 is 1.89 bits per heavy atom. The van der Waals surface area contributed by atoms with Crippen molar-refractivity contribution >= 4 is 34.9 Å². The van der Waals surface area contributed by atoms with Gasteiger partial charge in [0.05, 0.1) is 7.11 Å². The number of hydrogen-bond acceptors (Lipinski definition) is 6. The van der Waals surface area contributed by atoms with Crippen molar-refractivity contribution in [3.8, 4) is 0 Å². The van der Waals surface area contributed by atoms with Gasteiger partial charge in [0.1, 0.15) is 21.6 Å². The number of halogens is 1. The predicted molar refractivity (Wildman–Crippen MR) is 67.3 cm³/mol. The topological polar surface area (TPSA) is 86.7 Å². The molecule has 0 aromatic rings. The molecule has 0 radical (unpaired) electrons. The molecule has 1 atom stereocenters. The van der Waals surface area contributed by atoms with Gasteiger partial charge in [-0.15, -0.1) is 0 Å². The summed E-state index contributed by atoms with van der Waals surface area (Å²) in [5, 5.41) is 0. The highest BCUT2D eigenvalue weighted by Crippen LogP contribution is 2.31. The summed E-state index contributed by atoms with van der Waals surface area (Å²) in [5.41, 5.74) is 0.320. The van der Waals surface area contributed by atoms with Gasteiger partial charge in [0, 0.05) is 23.4 Å². The second-order valence-corrected chi connectivity index (χ2v) is 6.89. The minimum atomic E-state index is -4.12. The lowest BCUT2D eigenvalue weighted by Gasteiger charge is -2.23. The molecule has 9 heteroatoms. The van der Waals surface area contributed by atoms with Crippen molar-refractivity contribution in [3.63, 3.8) is 0 Å². The molecule has 0 aromatic carbocycles. The Hall–Kier alpha value is -0.830. The molecule has 1 unspecified atom stereocenters. The maximum atomic E-state index is 11.4. The van der Waals surface area contributed by atoms with E-state index in [2.05, 4.69) is 0 Å². The second-order valence-electron chi connectivity index (χ2n) is 3.42. The predicted octanol–water partition coefficient (Wildman–Crippen LogP) is 0.439. The lowest BCUT2D eigenvalue weighted by atomic mass is 10.0. The molecule has 0 fully saturated rings. The molecular formula is C9H11ClO6S2. The highest BCUT2D eigenvalue weighted by molar-refractivity contribution is 8.17. The van der Waals surface area contributed by atoms with Crippen molar-refractivity contribution in [2.24, 2.45) is 0 Å². The highest BCUT2D eigenvalue weighted by atomic mass is 35.7. The fraction of sp³-hybridized carbons (Fsp3) is 0.444. The van der Waals surface area contributed by atoms with Crippen molar-refractivity contribution in [2.45, 2.75) is 13.0 Å². The van der Waals surface area contributed by atoms with Crippen LogP contribution >= 0.6 is 10.7 Å². The molecule has 1 aliphatic rings. The molecule has 0 amide bonds. The van der Waals surface area contributed by atoms with Crippen molar-refractivity contribution in [1.82, 2.24) is 0 Å². The fourth-order valence-corrected chi connectivity index (χ4v) is 3.48. The van der Waals surface area contributed by atoms with E-state index in [0.717, 1.165) is 6.08 Å². The van der Waals surface area contributed by atoms with Gasteiger partial charge in [0.25, 0.3) is 9.05 Å². The van der Waals surface area contributed by atoms with Crippen LogP contribution in [0.3, 0.4) is 0 Å². The lowest BCUT2D eigenvalue weighted by molar-refractivity contribution is 0.175. The van der Waals surface area contributed by atoms with Crippen LogP contribution in [0.15, 0.2) is 22.3 Å². The summed E-state index contributed by atoms with van der Waals surface area (Å²) < 4.78 is 54.9. The summed E-state index contributed by atoms with van der Waals surface area (Å²) in [4.78, 5) is -0.605. The van der Waals surface area contributed by atoms with Gasteiger partial charge in [-0.25, -0.2) is 8.42 Å². The minimum Gasteiger partial charge on any atom is -0.495 e. The molecular weight excluding hydrogens is 304 g/mol. The first-order chi connectivity index (χ1) is 8.23. The van der Waals surface area contributed by atoms with Gasteiger partial charge in [-0.3, -0.25) is 0 Å². The van der Waals surface area contributed by atoms with Crippen LogP contribution in [0.2, 0.25) is 0 Å². The van der Waals surface area contributed by atoms with Crippen molar-refractivity contribution in [1.29, 1.82) is 0 Å². The van der Waals surface area contributed by atoms with E-state index < -0.39 is 30.4 Å². The lowest BCUT2D eigenvalue weighted by Crippen LogP contribution is -2.30. The van der Waals surface area contributed by atoms with Gasteiger partial charge in [-0.2, -0.15) is 8.42 Å². The maximum absolute atomic E-state index is 11.4. The Labute approximate surface area is 111 Å². The van der Waals surface area contributed by atoms with Crippen LogP contribution in [0.4, 0.5) is 0 Å². The zero-order chi connectivity index (χ0) is 14.1. The van der Waals surface area contributed by atoms with Crippen LogP contribution in [0.25, 0.3) is 0 Å². The summed E-state index contributed by atoms with van der Waals surface area (Å²) >= 11 is 0. The third kappa shape index (κ3) is 2.77. The number of hydrogen-bond donors (Lipinski definition) is 0. The zero-order valence-corrected chi connectivity index (χ0v) is 12.2. The third-order valence-corrected chi connectivity index (χ3v) is 4.45. The van der Waals surface area contributed by atoms with Gasteiger partial charge in [0.2, 0.25) is 10.3 Å². The molecule has 1 aliphatic carbocycles. The maximum Gasteiger partial charge on any atom is 0.265 e. The molecule has 0 bridgehead atoms. The molecule has 18 heavy (non-hydrogen) atoms. The van der Waals surface area contributed by atoms with E-state index in [1.807, 2.05) is 0 Å². The normalized spacial score (nSPS) is 20.8. The Kier molecular flexibility index (Phi) is 4.60. The third-order valence-electron chi connectivity index (χ3n) is 2.40. The van der Waals surface area contributed by atoms with E-state index >= 15 is 0 Å². The summed E-state index contributed by atoms with van der Waals surface area (Å²) in [6.45, 7) is 1.51. The number of rotatable bonds is 3. The number of ether oxygens (including phenoxy) is 2. The molecule has 0 aromatic heterocycles. The monoisotopic (exact) mass is 314 g/mol. The summed E-state index contributed by atoms with van der Waals surface area (Å²) in [7, 11) is 1.08. The van der Waals surface area contributed by atoms with E-state index in [-0.39, 0.29) is 10.6 Å². The molecule has 0 heterocycles. The first-order valence-corrected chi connectivity index (χ1v) is 8.02. The largest absolute Gasteiger partial charge is 0.495 e. The molecule has 0 saturated heterocycles. The highest BCUT2D eigenvalue weighted by Gasteiger charge is 2.33. The number of methoxy groups -OCH3 is 2. The van der Waals surface area contributed by atoms with Crippen LogP contribution in [0.1, 0.15) is 6.92 Å². The van der Waals surface area contributed by atoms with E-state index in [1.54, 1.807) is 0 Å². The van der Waals surface area contributed by atoms with Crippen molar-refractivity contribution in [2.75, 3.05) is 14.2 Å². The molecule has 6 nitrogen and oxygen atoms in total. The van der Waals surface area contributed by atoms with Crippen LogP contribution in [0, 0.1) is 0 Å². The van der Waals surface area contributed by atoms with Crippen LogP contribution in [-0.4, -0.2) is 42.0 Å². The van der Waals surface area contributed by atoms with E-state index in [1.165, 1.54) is 21.1 Å². The minimum absolute atomic E-state index is 0.00829. The zero-order valence-electron chi connectivity index (χ0n) is 9.80. The first kappa shape index (κ1) is 15.2. The average molecular weight is 315 g/mol. The smallest absolute Gasteiger partial charge is 0.265 e. The Morgan fingerprint density at radius 3 is 2.22 bits per heavy atom. The molecule has 0 saturated carbocycles. The molecule has 1 rings (SSSR count). The Bertz CT molecular complexity index is 645. The van der Waals surface area contributed by atoms with E-state index in [4.69, 9.17) is 20.2 Å². The first-order valence-electron chi connectivity index (χ1n) is 4.64.